The average Bonchev–Trinajstić information content (AvgIpc) is 2.43. The van der Waals surface area contributed by atoms with Crippen molar-refractivity contribution >= 4 is 23.6 Å². The Morgan fingerprint density at radius 1 is 1.40 bits per heavy atom. The minimum atomic E-state index is -1.04. The predicted molar refractivity (Wildman–Crippen MR) is 77.9 cm³/mol. The Kier molecular flexibility index (Phi) is 5.82. The summed E-state index contributed by atoms with van der Waals surface area (Å²) < 4.78 is 0. The van der Waals surface area contributed by atoms with Crippen molar-refractivity contribution in [1.82, 2.24) is 10.2 Å². The Hall–Kier alpha value is -1.75. The van der Waals surface area contributed by atoms with Crippen LogP contribution in [0.5, 0.6) is 0 Å². The van der Waals surface area contributed by atoms with Gasteiger partial charge in [0.15, 0.2) is 0 Å². The zero-order valence-corrected chi connectivity index (χ0v) is 12.5. The van der Waals surface area contributed by atoms with E-state index in [0.29, 0.717) is 11.4 Å². The summed E-state index contributed by atoms with van der Waals surface area (Å²) in [5, 5.41) is 12.0. The molecule has 0 saturated heterocycles. The van der Waals surface area contributed by atoms with Gasteiger partial charge in [-0.1, -0.05) is 36.7 Å². The van der Waals surface area contributed by atoms with Crippen LogP contribution in [0.2, 0.25) is 5.02 Å². The minimum Gasteiger partial charge on any atom is -0.480 e. The fourth-order valence-corrected chi connectivity index (χ4v) is 2.08. The van der Waals surface area contributed by atoms with E-state index in [2.05, 4.69) is 5.32 Å². The quantitative estimate of drug-likeness (QED) is 0.878. The molecule has 0 aliphatic carbocycles. The van der Waals surface area contributed by atoms with Gasteiger partial charge in [-0.15, -0.1) is 0 Å². The maximum absolute atomic E-state index is 12.1. The fraction of sp³-hybridized carbons (Fsp3) is 0.429. The van der Waals surface area contributed by atoms with Crippen LogP contribution in [0.4, 0.5) is 4.79 Å². The Labute approximate surface area is 123 Å². The van der Waals surface area contributed by atoms with E-state index in [1.165, 1.54) is 4.90 Å². The summed E-state index contributed by atoms with van der Waals surface area (Å²) in [5.41, 5.74) is 0.815. The second-order valence-electron chi connectivity index (χ2n) is 4.56. The van der Waals surface area contributed by atoms with Gasteiger partial charge in [0.1, 0.15) is 6.04 Å². The maximum atomic E-state index is 12.1. The van der Waals surface area contributed by atoms with Crippen molar-refractivity contribution in [1.29, 1.82) is 0 Å². The average molecular weight is 299 g/mol. The molecule has 0 bridgehead atoms. The van der Waals surface area contributed by atoms with Gasteiger partial charge in [0.2, 0.25) is 0 Å². The number of nitrogens with zero attached hydrogens (tertiary/aromatic N) is 1. The normalized spacial score (nSPS) is 13.4. The van der Waals surface area contributed by atoms with E-state index >= 15 is 0 Å². The number of nitrogens with one attached hydrogen (secondary N) is 1. The largest absolute Gasteiger partial charge is 0.480 e. The van der Waals surface area contributed by atoms with Crippen LogP contribution in [0, 0.1) is 0 Å². The summed E-state index contributed by atoms with van der Waals surface area (Å²) in [7, 11) is 1.61. The number of aliphatic carboxylic acids is 1. The lowest BCUT2D eigenvalue weighted by molar-refractivity contribution is -0.139. The van der Waals surface area contributed by atoms with Gasteiger partial charge in [0, 0.05) is 12.1 Å². The van der Waals surface area contributed by atoms with Gasteiger partial charge in [0.05, 0.1) is 6.04 Å². The molecular formula is C14H19ClN2O3. The number of amides is 2. The highest BCUT2D eigenvalue weighted by molar-refractivity contribution is 6.31. The van der Waals surface area contributed by atoms with Crippen molar-refractivity contribution in [2.45, 2.75) is 32.4 Å². The predicted octanol–water partition coefficient (Wildman–Crippen LogP) is 2.91. The molecule has 0 aliphatic rings. The van der Waals surface area contributed by atoms with Crippen LogP contribution in [0.15, 0.2) is 24.3 Å². The lowest BCUT2D eigenvalue weighted by atomic mass is 10.1. The molecule has 2 amide bonds. The van der Waals surface area contributed by atoms with Crippen LogP contribution in [-0.2, 0) is 4.79 Å². The zero-order valence-electron chi connectivity index (χ0n) is 11.8. The third-order valence-corrected chi connectivity index (χ3v) is 3.60. The number of rotatable bonds is 5. The summed E-state index contributed by atoms with van der Waals surface area (Å²) in [6.07, 6.45) is 0.329. The second kappa shape index (κ2) is 7.14. The monoisotopic (exact) mass is 298 g/mol. The zero-order chi connectivity index (χ0) is 15.3. The van der Waals surface area contributed by atoms with Crippen molar-refractivity contribution in [2.75, 3.05) is 7.05 Å². The van der Waals surface area contributed by atoms with Crippen LogP contribution >= 0.6 is 11.6 Å². The maximum Gasteiger partial charge on any atom is 0.326 e. The molecule has 1 aromatic carbocycles. The third kappa shape index (κ3) is 3.87. The molecule has 0 aromatic heterocycles. The molecule has 0 heterocycles. The second-order valence-corrected chi connectivity index (χ2v) is 4.96. The number of carbonyl (C=O) groups is 2. The third-order valence-electron chi connectivity index (χ3n) is 3.26. The summed E-state index contributed by atoms with van der Waals surface area (Å²) in [6.45, 7) is 3.54. The number of urea groups is 1. The Morgan fingerprint density at radius 3 is 2.50 bits per heavy atom. The fourth-order valence-electron chi connectivity index (χ4n) is 1.79. The standard InChI is InChI=1S/C14H19ClN2O3/c1-4-12(13(18)19)16-14(20)17(3)9(2)10-7-5-6-8-11(10)15/h5-9,12H,4H2,1-3H3,(H,16,20)(H,18,19)/t9?,12-/m1/s1. The highest BCUT2D eigenvalue weighted by Gasteiger charge is 2.23. The Bertz CT molecular complexity index is 493. The van der Waals surface area contributed by atoms with E-state index in [1.807, 2.05) is 25.1 Å². The highest BCUT2D eigenvalue weighted by Crippen LogP contribution is 2.26. The molecule has 0 radical (unpaired) electrons. The number of benzene rings is 1. The van der Waals surface area contributed by atoms with Crippen molar-refractivity contribution in [2.24, 2.45) is 0 Å². The van der Waals surface area contributed by atoms with E-state index in [0.717, 1.165) is 5.56 Å². The van der Waals surface area contributed by atoms with Crippen molar-refractivity contribution in [3.63, 3.8) is 0 Å². The molecule has 1 aromatic rings. The molecule has 1 unspecified atom stereocenters. The Morgan fingerprint density at radius 2 is 2.00 bits per heavy atom. The molecule has 20 heavy (non-hydrogen) atoms. The molecule has 110 valence electrons. The molecule has 0 aliphatic heterocycles. The minimum absolute atomic E-state index is 0.255. The number of carboxylic acids is 1. The summed E-state index contributed by atoms with van der Waals surface area (Å²) in [6, 6.07) is 5.67. The van der Waals surface area contributed by atoms with Gasteiger partial charge in [-0.2, -0.15) is 0 Å². The summed E-state index contributed by atoms with van der Waals surface area (Å²) >= 11 is 6.10. The van der Waals surface area contributed by atoms with Gasteiger partial charge in [-0.05, 0) is 25.0 Å². The number of hydrogen-bond donors (Lipinski definition) is 2. The first-order valence-corrected chi connectivity index (χ1v) is 6.76. The van der Waals surface area contributed by atoms with E-state index < -0.39 is 18.0 Å². The Balaban J connectivity index is 2.79. The van der Waals surface area contributed by atoms with Gasteiger partial charge in [-0.25, -0.2) is 9.59 Å². The molecule has 6 heteroatoms. The van der Waals surface area contributed by atoms with Gasteiger partial charge in [0.25, 0.3) is 0 Å². The van der Waals surface area contributed by atoms with Gasteiger partial charge >= 0.3 is 12.0 Å². The molecule has 2 N–H and O–H groups in total. The van der Waals surface area contributed by atoms with Crippen LogP contribution in [0.3, 0.4) is 0 Å². The smallest absolute Gasteiger partial charge is 0.326 e. The molecule has 0 saturated carbocycles. The highest BCUT2D eigenvalue weighted by atomic mass is 35.5. The first-order valence-electron chi connectivity index (χ1n) is 6.39. The molecular weight excluding hydrogens is 280 g/mol. The molecule has 0 spiro atoms. The van der Waals surface area contributed by atoms with Crippen LogP contribution in [-0.4, -0.2) is 35.1 Å². The lowest BCUT2D eigenvalue weighted by Crippen LogP contribution is -2.47. The van der Waals surface area contributed by atoms with E-state index in [-0.39, 0.29) is 6.04 Å². The number of halogens is 1. The number of hydrogen-bond acceptors (Lipinski definition) is 2. The first kappa shape index (κ1) is 16.3. The topological polar surface area (TPSA) is 69.6 Å². The summed E-state index contributed by atoms with van der Waals surface area (Å²) in [4.78, 5) is 24.4. The van der Waals surface area contributed by atoms with Crippen LogP contribution < -0.4 is 5.32 Å². The van der Waals surface area contributed by atoms with E-state index in [4.69, 9.17) is 16.7 Å². The van der Waals surface area contributed by atoms with E-state index in [1.54, 1.807) is 20.0 Å². The van der Waals surface area contributed by atoms with E-state index in [9.17, 15) is 9.59 Å². The SMILES string of the molecule is CC[C@@H](NC(=O)N(C)C(C)c1ccccc1Cl)C(=O)O. The van der Waals surface area contributed by atoms with Crippen molar-refractivity contribution in [3.05, 3.63) is 34.9 Å². The van der Waals surface area contributed by atoms with Crippen LogP contribution in [0.1, 0.15) is 31.9 Å². The van der Waals surface area contributed by atoms with Crippen LogP contribution in [0.25, 0.3) is 0 Å². The van der Waals surface area contributed by atoms with Gasteiger partial charge in [-0.3, -0.25) is 0 Å². The first-order chi connectivity index (χ1) is 9.38. The molecule has 1 rings (SSSR count). The number of carboxylic acid groups (broad SMARTS) is 1. The molecule has 2 atom stereocenters. The summed E-state index contributed by atoms with van der Waals surface area (Å²) in [5.74, 6) is -1.04. The molecule has 5 nitrogen and oxygen atoms in total. The van der Waals surface area contributed by atoms with Crippen molar-refractivity contribution in [3.8, 4) is 0 Å². The van der Waals surface area contributed by atoms with Gasteiger partial charge < -0.3 is 15.3 Å². The number of carbonyl (C=O) groups excluding carboxylic acids is 1. The lowest BCUT2D eigenvalue weighted by Gasteiger charge is -2.27. The van der Waals surface area contributed by atoms with Crippen molar-refractivity contribution < 1.29 is 14.7 Å². The molecule has 0 fully saturated rings.